The van der Waals surface area contributed by atoms with E-state index in [-0.39, 0.29) is 11.7 Å². The maximum absolute atomic E-state index is 11.1. The number of hydrogen-bond donors (Lipinski definition) is 1. The zero-order chi connectivity index (χ0) is 14.3. The Kier molecular flexibility index (Phi) is 6.79. The van der Waals surface area contributed by atoms with Crippen LogP contribution in [0.4, 0.5) is 0 Å². The molecule has 2 N–H and O–H groups in total. The molecule has 0 aliphatic rings. The standard InChI is InChI=1S/C13H20ClNO3S/c1-2-5-11(10-19(15,16)17)8-18-9-12-6-3-4-7-13(12)14/h3-4,6-7,11H,2,5,8-10H2,1H3,(H2,15,16,17). The Morgan fingerprint density at radius 1 is 1.37 bits per heavy atom. The number of primary sulfonamides is 1. The Labute approximate surface area is 120 Å². The summed E-state index contributed by atoms with van der Waals surface area (Å²) in [5.41, 5.74) is 0.898. The van der Waals surface area contributed by atoms with Gasteiger partial charge in [-0.2, -0.15) is 0 Å². The molecule has 0 aliphatic carbocycles. The highest BCUT2D eigenvalue weighted by atomic mass is 35.5. The van der Waals surface area contributed by atoms with E-state index in [1.54, 1.807) is 6.07 Å². The molecule has 6 heteroatoms. The fourth-order valence-electron chi connectivity index (χ4n) is 1.90. The first-order valence-electron chi connectivity index (χ1n) is 6.24. The first-order chi connectivity index (χ1) is 8.92. The number of halogens is 1. The molecule has 0 bridgehead atoms. The van der Waals surface area contributed by atoms with Crippen LogP contribution in [0.2, 0.25) is 5.02 Å². The van der Waals surface area contributed by atoms with Crippen molar-refractivity contribution in [3.05, 3.63) is 34.9 Å². The van der Waals surface area contributed by atoms with Crippen molar-refractivity contribution in [2.75, 3.05) is 12.4 Å². The monoisotopic (exact) mass is 305 g/mol. The van der Waals surface area contributed by atoms with Crippen LogP contribution < -0.4 is 5.14 Å². The smallest absolute Gasteiger partial charge is 0.209 e. The van der Waals surface area contributed by atoms with E-state index in [0.29, 0.717) is 18.2 Å². The molecular weight excluding hydrogens is 286 g/mol. The number of rotatable bonds is 8. The van der Waals surface area contributed by atoms with Gasteiger partial charge in [0.15, 0.2) is 0 Å². The fraction of sp³-hybridized carbons (Fsp3) is 0.538. The lowest BCUT2D eigenvalue weighted by Gasteiger charge is -2.15. The van der Waals surface area contributed by atoms with Crippen molar-refractivity contribution in [2.24, 2.45) is 11.1 Å². The van der Waals surface area contributed by atoms with Gasteiger partial charge in [-0.3, -0.25) is 0 Å². The maximum atomic E-state index is 11.1. The summed E-state index contributed by atoms with van der Waals surface area (Å²) in [6.45, 7) is 2.75. The third-order valence-corrected chi connectivity index (χ3v) is 4.04. The average Bonchev–Trinajstić information content (AvgIpc) is 2.30. The largest absolute Gasteiger partial charge is 0.376 e. The van der Waals surface area contributed by atoms with Gasteiger partial charge in [-0.25, -0.2) is 13.6 Å². The van der Waals surface area contributed by atoms with Crippen molar-refractivity contribution in [3.63, 3.8) is 0 Å². The third kappa shape index (κ3) is 6.92. The number of hydrogen-bond acceptors (Lipinski definition) is 3. The van der Waals surface area contributed by atoms with E-state index in [1.165, 1.54) is 0 Å². The predicted octanol–water partition coefficient (Wildman–Crippen LogP) is 2.56. The molecule has 1 rings (SSSR count). The number of ether oxygens (including phenoxy) is 1. The number of nitrogens with two attached hydrogens (primary N) is 1. The molecule has 1 unspecified atom stereocenters. The molecule has 4 nitrogen and oxygen atoms in total. The lowest BCUT2D eigenvalue weighted by Crippen LogP contribution is -2.26. The molecule has 0 heterocycles. The van der Waals surface area contributed by atoms with Gasteiger partial charge in [0.25, 0.3) is 0 Å². The Hall–Kier alpha value is -0.620. The topological polar surface area (TPSA) is 69.4 Å². The van der Waals surface area contributed by atoms with Crippen molar-refractivity contribution >= 4 is 21.6 Å². The normalized spacial score (nSPS) is 13.4. The van der Waals surface area contributed by atoms with Gasteiger partial charge < -0.3 is 4.74 Å². The van der Waals surface area contributed by atoms with E-state index < -0.39 is 10.0 Å². The van der Waals surface area contributed by atoms with Crippen LogP contribution in [-0.2, 0) is 21.4 Å². The second kappa shape index (κ2) is 7.85. The molecular formula is C13H20ClNO3S. The summed E-state index contributed by atoms with van der Waals surface area (Å²) in [6.07, 6.45) is 1.68. The summed E-state index contributed by atoms with van der Waals surface area (Å²) < 4.78 is 27.8. The molecule has 0 radical (unpaired) electrons. The van der Waals surface area contributed by atoms with Crippen LogP contribution in [0.5, 0.6) is 0 Å². The van der Waals surface area contributed by atoms with Crippen molar-refractivity contribution in [1.82, 2.24) is 0 Å². The minimum atomic E-state index is -3.45. The van der Waals surface area contributed by atoms with Crippen LogP contribution in [0.3, 0.4) is 0 Å². The Morgan fingerprint density at radius 3 is 2.63 bits per heavy atom. The Balaban J connectivity index is 2.46. The summed E-state index contributed by atoms with van der Waals surface area (Å²) >= 11 is 6.01. The quantitative estimate of drug-likeness (QED) is 0.802. The van der Waals surface area contributed by atoms with Gasteiger partial charge in [0.2, 0.25) is 10.0 Å². The molecule has 1 atom stereocenters. The molecule has 0 amide bonds. The number of sulfonamides is 1. The molecule has 0 fully saturated rings. The van der Waals surface area contributed by atoms with E-state index in [9.17, 15) is 8.42 Å². The number of benzene rings is 1. The first kappa shape index (κ1) is 16.4. The average molecular weight is 306 g/mol. The van der Waals surface area contributed by atoms with Crippen LogP contribution >= 0.6 is 11.6 Å². The SMILES string of the molecule is CCCC(COCc1ccccc1Cl)CS(N)(=O)=O. The molecule has 0 spiro atoms. The summed E-state index contributed by atoms with van der Waals surface area (Å²) in [7, 11) is -3.45. The molecule has 1 aromatic rings. The minimum absolute atomic E-state index is 0.0383. The Bertz CT molecular complexity index is 490. The van der Waals surface area contributed by atoms with Crippen molar-refractivity contribution in [2.45, 2.75) is 26.4 Å². The Morgan fingerprint density at radius 2 is 2.05 bits per heavy atom. The van der Waals surface area contributed by atoms with Gasteiger partial charge in [-0.05, 0) is 24.0 Å². The second-order valence-corrected chi connectivity index (χ2v) is 6.66. The summed E-state index contributed by atoms with van der Waals surface area (Å²) in [6, 6.07) is 7.43. The molecule has 0 saturated carbocycles. The zero-order valence-corrected chi connectivity index (χ0v) is 12.6. The van der Waals surface area contributed by atoms with Gasteiger partial charge in [0, 0.05) is 5.02 Å². The van der Waals surface area contributed by atoms with Gasteiger partial charge in [0.1, 0.15) is 0 Å². The highest BCUT2D eigenvalue weighted by Crippen LogP contribution is 2.17. The van der Waals surface area contributed by atoms with Gasteiger partial charge >= 0.3 is 0 Å². The zero-order valence-electron chi connectivity index (χ0n) is 11.0. The second-order valence-electron chi connectivity index (χ2n) is 4.59. The van der Waals surface area contributed by atoms with Crippen molar-refractivity contribution < 1.29 is 13.2 Å². The van der Waals surface area contributed by atoms with Crippen molar-refractivity contribution in [1.29, 1.82) is 0 Å². The van der Waals surface area contributed by atoms with Crippen LogP contribution in [0.15, 0.2) is 24.3 Å². The lowest BCUT2D eigenvalue weighted by atomic mass is 10.1. The van der Waals surface area contributed by atoms with E-state index in [2.05, 4.69) is 0 Å². The molecule has 0 aliphatic heterocycles. The maximum Gasteiger partial charge on any atom is 0.209 e. The molecule has 19 heavy (non-hydrogen) atoms. The first-order valence-corrected chi connectivity index (χ1v) is 8.33. The molecule has 0 aromatic heterocycles. The van der Waals surface area contributed by atoms with Crippen LogP contribution in [0.25, 0.3) is 0 Å². The van der Waals surface area contributed by atoms with E-state index in [1.807, 2.05) is 25.1 Å². The van der Waals surface area contributed by atoms with Crippen LogP contribution in [-0.4, -0.2) is 20.8 Å². The molecule has 0 saturated heterocycles. The summed E-state index contributed by atoms with van der Waals surface area (Å²) in [4.78, 5) is 0. The van der Waals surface area contributed by atoms with Gasteiger partial charge in [0.05, 0.1) is 19.0 Å². The molecule has 1 aromatic carbocycles. The van der Waals surface area contributed by atoms with Crippen molar-refractivity contribution in [3.8, 4) is 0 Å². The minimum Gasteiger partial charge on any atom is -0.376 e. The summed E-state index contributed by atoms with van der Waals surface area (Å²) in [5.74, 6) is -0.105. The highest BCUT2D eigenvalue weighted by molar-refractivity contribution is 7.89. The summed E-state index contributed by atoms with van der Waals surface area (Å²) in [5, 5.41) is 5.72. The van der Waals surface area contributed by atoms with Crippen LogP contribution in [0.1, 0.15) is 25.3 Å². The molecule has 108 valence electrons. The fourth-order valence-corrected chi connectivity index (χ4v) is 3.01. The van der Waals surface area contributed by atoms with E-state index in [0.717, 1.165) is 18.4 Å². The predicted molar refractivity (Wildman–Crippen MR) is 77.5 cm³/mol. The highest BCUT2D eigenvalue weighted by Gasteiger charge is 2.15. The van der Waals surface area contributed by atoms with E-state index >= 15 is 0 Å². The van der Waals surface area contributed by atoms with Gasteiger partial charge in [-0.1, -0.05) is 43.1 Å². The lowest BCUT2D eigenvalue weighted by molar-refractivity contribution is 0.0902. The van der Waals surface area contributed by atoms with Gasteiger partial charge in [-0.15, -0.1) is 0 Å². The van der Waals surface area contributed by atoms with E-state index in [4.69, 9.17) is 21.5 Å². The third-order valence-electron chi connectivity index (χ3n) is 2.73. The van der Waals surface area contributed by atoms with Crippen LogP contribution in [0, 0.1) is 5.92 Å².